The Labute approximate surface area is 179 Å². The number of nitrogens with one attached hydrogen (secondary N) is 1. The van der Waals surface area contributed by atoms with Crippen LogP contribution in [0.15, 0.2) is 24.5 Å². The zero-order chi connectivity index (χ0) is 22.3. The van der Waals surface area contributed by atoms with E-state index in [2.05, 4.69) is 20.3 Å². The molecular formula is C21H27FN4O3S. The van der Waals surface area contributed by atoms with E-state index in [9.17, 15) is 4.39 Å². The van der Waals surface area contributed by atoms with Crippen molar-refractivity contribution in [3.8, 4) is 17.5 Å². The van der Waals surface area contributed by atoms with Crippen LogP contribution in [0.3, 0.4) is 0 Å². The normalized spacial score (nSPS) is 12.8. The van der Waals surface area contributed by atoms with Crippen LogP contribution in [-0.2, 0) is 4.79 Å². The number of thiazole rings is 1. The van der Waals surface area contributed by atoms with Gasteiger partial charge >= 0.3 is 0 Å². The Morgan fingerprint density at radius 2 is 1.77 bits per heavy atom. The largest absolute Gasteiger partial charge is 0.472 e. The van der Waals surface area contributed by atoms with Crippen molar-refractivity contribution in [2.24, 2.45) is 0 Å². The molecular weight excluding hydrogens is 407 g/mol. The molecule has 0 aliphatic rings. The van der Waals surface area contributed by atoms with Gasteiger partial charge in [0.2, 0.25) is 11.8 Å². The smallest absolute Gasteiger partial charge is 0.238 e. The lowest BCUT2D eigenvalue weighted by atomic mass is 10.2. The summed E-state index contributed by atoms with van der Waals surface area (Å²) in [6, 6.07) is 3.48. The quantitative estimate of drug-likeness (QED) is 0.538. The van der Waals surface area contributed by atoms with Gasteiger partial charge in [-0.1, -0.05) is 13.8 Å². The third-order valence-electron chi connectivity index (χ3n) is 4.26. The van der Waals surface area contributed by atoms with Gasteiger partial charge in [-0.2, -0.15) is 0 Å². The van der Waals surface area contributed by atoms with Crippen LogP contribution in [-0.4, -0.2) is 40.4 Å². The van der Waals surface area contributed by atoms with Crippen molar-refractivity contribution in [2.45, 2.75) is 52.7 Å². The lowest BCUT2D eigenvalue weighted by molar-refractivity contribution is -0.106. The molecule has 0 spiro atoms. The monoisotopic (exact) mass is 434 g/mol. The Hall–Kier alpha value is -2.65. The maximum absolute atomic E-state index is 14.8. The zero-order valence-corrected chi connectivity index (χ0v) is 18.8. The van der Waals surface area contributed by atoms with Crippen LogP contribution in [0.5, 0.6) is 17.5 Å². The van der Waals surface area contributed by atoms with E-state index >= 15 is 0 Å². The number of ether oxygens (including phenoxy) is 2. The second-order valence-corrected chi connectivity index (χ2v) is 7.89. The van der Waals surface area contributed by atoms with Crippen LogP contribution < -0.4 is 14.8 Å². The molecule has 2 heterocycles. The van der Waals surface area contributed by atoms with Gasteiger partial charge in [0, 0.05) is 12.0 Å². The highest BCUT2D eigenvalue weighted by atomic mass is 32.1. The number of likely N-dealkylation sites (N-methyl/N-ethyl adjacent to an activating group) is 1. The van der Waals surface area contributed by atoms with Gasteiger partial charge < -0.3 is 19.6 Å². The van der Waals surface area contributed by atoms with Crippen LogP contribution in [0.2, 0.25) is 0 Å². The van der Waals surface area contributed by atoms with Gasteiger partial charge in [0.25, 0.3) is 0 Å². The highest BCUT2D eigenvalue weighted by molar-refractivity contribution is 7.18. The predicted molar refractivity (Wildman–Crippen MR) is 116 cm³/mol. The molecule has 0 aliphatic carbocycles. The number of carbonyl (C=O) groups is 1. The maximum Gasteiger partial charge on any atom is 0.238 e. The fourth-order valence-electron chi connectivity index (χ4n) is 2.34. The number of halogens is 1. The fraction of sp³-hybridized carbons (Fsp3) is 0.429. The summed E-state index contributed by atoms with van der Waals surface area (Å²) < 4.78 is 26.5. The molecule has 2 aromatic heterocycles. The van der Waals surface area contributed by atoms with Gasteiger partial charge in [-0.05, 0) is 40.0 Å². The van der Waals surface area contributed by atoms with Crippen molar-refractivity contribution < 1.29 is 18.7 Å². The molecule has 7 nitrogen and oxygen atoms in total. The minimum atomic E-state index is -0.435. The van der Waals surface area contributed by atoms with Crippen molar-refractivity contribution in [1.29, 1.82) is 0 Å². The molecule has 0 amide bonds. The number of benzene rings is 1. The van der Waals surface area contributed by atoms with Crippen molar-refractivity contribution in [1.82, 2.24) is 20.3 Å². The summed E-state index contributed by atoms with van der Waals surface area (Å²) in [6.07, 6.45) is 3.56. The first-order chi connectivity index (χ1) is 14.3. The Morgan fingerprint density at radius 3 is 2.33 bits per heavy atom. The Morgan fingerprint density at radius 1 is 1.13 bits per heavy atom. The highest BCUT2D eigenvalue weighted by Gasteiger charge is 2.16. The van der Waals surface area contributed by atoms with Crippen molar-refractivity contribution in [3.05, 3.63) is 35.4 Å². The standard InChI is InChI=1S/C19H23FN4O2S.C2H4O/c1-10(2)19-24-13-6-7-14(17(20)18(13)27-19)26-16-9-22-15(8-23-16)25-12(4)11(3)21-5;1-2-3/h6-12,21H,1-5H3;2H,1H3. The number of nitrogens with zero attached hydrogens (tertiary/aromatic N) is 3. The number of aromatic nitrogens is 3. The van der Waals surface area contributed by atoms with E-state index in [-0.39, 0.29) is 29.7 Å². The topological polar surface area (TPSA) is 86.2 Å². The number of hydrogen-bond acceptors (Lipinski definition) is 8. The summed E-state index contributed by atoms with van der Waals surface area (Å²) >= 11 is 1.34. The minimum Gasteiger partial charge on any atom is -0.472 e. The number of fused-ring (bicyclic) bond motifs is 1. The van der Waals surface area contributed by atoms with Gasteiger partial charge in [-0.25, -0.2) is 19.3 Å². The van der Waals surface area contributed by atoms with Gasteiger partial charge in [-0.3, -0.25) is 0 Å². The fourth-order valence-corrected chi connectivity index (χ4v) is 3.34. The summed E-state index contributed by atoms with van der Waals surface area (Å²) in [7, 11) is 1.87. The van der Waals surface area contributed by atoms with Crippen LogP contribution in [0.25, 0.3) is 10.2 Å². The molecule has 3 rings (SSSR count). The minimum absolute atomic E-state index is 0.0719. The average Bonchev–Trinajstić information content (AvgIpc) is 3.17. The molecule has 30 heavy (non-hydrogen) atoms. The lowest BCUT2D eigenvalue weighted by Crippen LogP contribution is -2.36. The number of hydrogen-bond donors (Lipinski definition) is 1. The summed E-state index contributed by atoms with van der Waals surface area (Å²) in [5, 5.41) is 4.01. The van der Waals surface area contributed by atoms with E-state index in [0.717, 1.165) is 11.3 Å². The Kier molecular flexibility index (Phi) is 8.61. The third kappa shape index (κ3) is 5.93. The maximum atomic E-state index is 14.8. The van der Waals surface area contributed by atoms with E-state index in [4.69, 9.17) is 14.3 Å². The van der Waals surface area contributed by atoms with Gasteiger partial charge in [0.15, 0.2) is 11.6 Å². The molecule has 2 unspecified atom stereocenters. The average molecular weight is 435 g/mol. The number of carbonyl (C=O) groups excluding carboxylic acids is 1. The number of aldehydes is 1. The predicted octanol–water partition coefficient (Wildman–Crippen LogP) is 4.72. The van der Waals surface area contributed by atoms with E-state index in [1.54, 1.807) is 12.1 Å². The van der Waals surface area contributed by atoms with E-state index in [1.165, 1.54) is 30.7 Å². The molecule has 162 valence electrons. The van der Waals surface area contributed by atoms with Crippen LogP contribution in [0.4, 0.5) is 4.39 Å². The van der Waals surface area contributed by atoms with Crippen molar-refractivity contribution >= 4 is 27.8 Å². The van der Waals surface area contributed by atoms with Crippen molar-refractivity contribution in [3.63, 3.8) is 0 Å². The Bertz CT molecular complexity index is 963. The first kappa shape index (κ1) is 23.6. The summed E-state index contributed by atoms with van der Waals surface area (Å²) in [6.45, 7) is 9.46. The highest BCUT2D eigenvalue weighted by Crippen LogP contribution is 2.34. The van der Waals surface area contributed by atoms with Gasteiger partial charge in [-0.15, -0.1) is 11.3 Å². The molecule has 0 radical (unpaired) electrons. The van der Waals surface area contributed by atoms with Crippen LogP contribution in [0, 0.1) is 5.82 Å². The van der Waals surface area contributed by atoms with E-state index in [0.29, 0.717) is 16.1 Å². The molecule has 2 atom stereocenters. The SMILES string of the molecule is CC=O.CNC(C)C(C)Oc1cnc(Oc2ccc3nc(C(C)C)sc3c2F)cn1. The van der Waals surface area contributed by atoms with Crippen LogP contribution >= 0.6 is 11.3 Å². The van der Waals surface area contributed by atoms with Crippen LogP contribution in [0.1, 0.15) is 45.5 Å². The van der Waals surface area contributed by atoms with E-state index < -0.39 is 5.82 Å². The third-order valence-corrected chi connectivity index (χ3v) is 5.62. The molecule has 1 aromatic carbocycles. The lowest BCUT2D eigenvalue weighted by Gasteiger charge is -2.19. The molecule has 9 heteroatoms. The summed E-state index contributed by atoms with van der Waals surface area (Å²) in [4.78, 5) is 21.6. The Balaban J connectivity index is 0.00000101. The molecule has 0 saturated heterocycles. The number of rotatable bonds is 7. The molecule has 3 aromatic rings. The first-order valence-electron chi connectivity index (χ1n) is 9.63. The van der Waals surface area contributed by atoms with E-state index in [1.807, 2.05) is 34.7 Å². The molecule has 0 aliphatic heterocycles. The van der Waals surface area contributed by atoms with Gasteiger partial charge in [0.1, 0.15) is 12.4 Å². The zero-order valence-electron chi connectivity index (χ0n) is 18.0. The second-order valence-electron chi connectivity index (χ2n) is 6.86. The first-order valence-corrected chi connectivity index (χ1v) is 10.4. The summed E-state index contributed by atoms with van der Waals surface area (Å²) in [5.74, 6) is 0.495. The molecule has 0 fully saturated rings. The van der Waals surface area contributed by atoms with Gasteiger partial charge in [0.05, 0.1) is 27.6 Å². The van der Waals surface area contributed by atoms with Crippen molar-refractivity contribution in [2.75, 3.05) is 7.05 Å². The molecule has 0 bridgehead atoms. The molecule has 0 saturated carbocycles. The second kappa shape index (κ2) is 10.9. The summed E-state index contributed by atoms with van der Waals surface area (Å²) in [5.41, 5.74) is 0.635. The molecule has 1 N–H and O–H groups in total.